The SMILES string of the molecule is COc1ccccc1NC(=O)c1ccc(NC(=O)CNC(C)(C)C)cc1. The predicted molar refractivity (Wildman–Crippen MR) is 104 cm³/mol. The Hall–Kier alpha value is -2.86. The lowest BCUT2D eigenvalue weighted by atomic mass is 10.1. The highest BCUT2D eigenvalue weighted by Crippen LogP contribution is 2.23. The summed E-state index contributed by atoms with van der Waals surface area (Å²) in [4.78, 5) is 24.3. The van der Waals surface area contributed by atoms with Crippen molar-refractivity contribution in [1.82, 2.24) is 5.32 Å². The standard InChI is InChI=1S/C20H25N3O3/c1-20(2,3)21-13-18(24)22-15-11-9-14(10-12-15)19(25)23-16-7-5-6-8-17(16)26-4/h5-12,21H,13H2,1-4H3,(H,22,24)(H,23,25). The maximum absolute atomic E-state index is 12.4. The molecular weight excluding hydrogens is 330 g/mol. The number of nitrogens with one attached hydrogen (secondary N) is 3. The molecule has 0 radical (unpaired) electrons. The normalized spacial score (nSPS) is 10.9. The van der Waals surface area contributed by atoms with E-state index in [0.717, 1.165) is 0 Å². The first-order valence-electron chi connectivity index (χ1n) is 8.38. The summed E-state index contributed by atoms with van der Waals surface area (Å²) in [5.41, 5.74) is 1.60. The van der Waals surface area contributed by atoms with Gasteiger partial charge in [0.2, 0.25) is 5.91 Å². The van der Waals surface area contributed by atoms with Gasteiger partial charge in [0.1, 0.15) is 5.75 Å². The Morgan fingerprint density at radius 2 is 1.62 bits per heavy atom. The van der Waals surface area contributed by atoms with Crippen LogP contribution in [0.15, 0.2) is 48.5 Å². The molecule has 6 heteroatoms. The molecule has 3 N–H and O–H groups in total. The zero-order chi connectivity index (χ0) is 19.2. The van der Waals surface area contributed by atoms with E-state index in [1.807, 2.05) is 32.9 Å². The Morgan fingerprint density at radius 3 is 2.23 bits per heavy atom. The lowest BCUT2D eigenvalue weighted by Gasteiger charge is -2.20. The second-order valence-electron chi connectivity index (χ2n) is 6.88. The van der Waals surface area contributed by atoms with E-state index < -0.39 is 0 Å². The minimum absolute atomic E-state index is 0.127. The van der Waals surface area contributed by atoms with Crippen molar-refractivity contribution in [1.29, 1.82) is 0 Å². The van der Waals surface area contributed by atoms with E-state index in [2.05, 4.69) is 16.0 Å². The Bertz CT molecular complexity index is 765. The molecule has 0 aromatic heterocycles. The first-order valence-corrected chi connectivity index (χ1v) is 8.38. The number of methoxy groups -OCH3 is 1. The van der Waals surface area contributed by atoms with Gasteiger partial charge in [-0.1, -0.05) is 12.1 Å². The molecule has 6 nitrogen and oxygen atoms in total. The van der Waals surface area contributed by atoms with Gasteiger partial charge in [-0.2, -0.15) is 0 Å². The molecule has 2 rings (SSSR count). The lowest BCUT2D eigenvalue weighted by Crippen LogP contribution is -2.41. The summed E-state index contributed by atoms with van der Waals surface area (Å²) < 4.78 is 5.22. The summed E-state index contributed by atoms with van der Waals surface area (Å²) >= 11 is 0. The Kier molecular flexibility index (Phi) is 6.36. The van der Waals surface area contributed by atoms with Crippen molar-refractivity contribution in [2.24, 2.45) is 0 Å². The fourth-order valence-corrected chi connectivity index (χ4v) is 2.20. The number of hydrogen-bond donors (Lipinski definition) is 3. The average molecular weight is 355 g/mol. The summed E-state index contributed by atoms with van der Waals surface area (Å²) in [7, 11) is 1.55. The third-order valence-corrected chi connectivity index (χ3v) is 3.57. The van der Waals surface area contributed by atoms with Crippen molar-refractivity contribution in [3.05, 3.63) is 54.1 Å². The van der Waals surface area contributed by atoms with Gasteiger partial charge in [-0.25, -0.2) is 0 Å². The number of benzene rings is 2. The molecule has 0 saturated heterocycles. The number of para-hydroxylation sites is 2. The van der Waals surface area contributed by atoms with Crippen LogP contribution in [0.25, 0.3) is 0 Å². The topological polar surface area (TPSA) is 79.5 Å². The minimum atomic E-state index is -0.248. The van der Waals surface area contributed by atoms with Gasteiger partial charge < -0.3 is 20.7 Å². The first-order chi connectivity index (χ1) is 12.3. The van der Waals surface area contributed by atoms with Crippen molar-refractivity contribution in [3.8, 4) is 5.75 Å². The van der Waals surface area contributed by atoms with Gasteiger partial charge >= 0.3 is 0 Å². The summed E-state index contributed by atoms with van der Waals surface area (Å²) in [5.74, 6) is 0.212. The van der Waals surface area contributed by atoms with Gasteiger partial charge in [0.15, 0.2) is 0 Å². The largest absolute Gasteiger partial charge is 0.495 e. The Labute approximate surface area is 153 Å². The van der Waals surface area contributed by atoms with E-state index in [1.165, 1.54) is 0 Å². The quantitative estimate of drug-likeness (QED) is 0.743. The van der Waals surface area contributed by atoms with Gasteiger partial charge in [0.25, 0.3) is 5.91 Å². The smallest absolute Gasteiger partial charge is 0.255 e. The second kappa shape index (κ2) is 8.49. The Balaban J connectivity index is 1.96. The predicted octanol–water partition coefficient (Wildman–Crippen LogP) is 3.27. The molecule has 26 heavy (non-hydrogen) atoms. The average Bonchev–Trinajstić information content (AvgIpc) is 2.60. The molecule has 0 bridgehead atoms. The number of anilines is 2. The van der Waals surface area contributed by atoms with E-state index in [4.69, 9.17) is 4.74 Å². The van der Waals surface area contributed by atoms with Crippen LogP contribution in [-0.2, 0) is 4.79 Å². The molecule has 2 amide bonds. The van der Waals surface area contributed by atoms with Crippen molar-refractivity contribution >= 4 is 23.2 Å². The third-order valence-electron chi connectivity index (χ3n) is 3.57. The van der Waals surface area contributed by atoms with Crippen LogP contribution >= 0.6 is 0 Å². The molecule has 138 valence electrons. The number of hydrogen-bond acceptors (Lipinski definition) is 4. The maximum atomic E-state index is 12.4. The van der Waals surface area contributed by atoms with E-state index in [0.29, 0.717) is 22.7 Å². The third kappa shape index (κ3) is 5.89. The van der Waals surface area contributed by atoms with Crippen molar-refractivity contribution in [2.75, 3.05) is 24.3 Å². The minimum Gasteiger partial charge on any atom is -0.495 e. The van der Waals surface area contributed by atoms with Crippen LogP contribution in [0.2, 0.25) is 0 Å². The highest BCUT2D eigenvalue weighted by atomic mass is 16.5. The van der Waals surface area contributed by atoms with Gasteiger partial charge in [-0.05, 0) is 57.2 Å². The number of rotatable bonds is 6. The lowest BCUT2D eigenvalue weighted by molar-refractivity contribution is -0.115. The van der Waals surface area contributed by atoms with Crippen molar-refractivity contribution in [3.63, 3.8) is 0 Å². The molecule has 0 heterocycles. The second-order valence-corrected chi connectivity index (χ2v) is 6.88. The Morgan fingerprint density at radius 1 is 0.962 bits per heavy atom. The molecule has 0 unspecified atom stereocenters. The highest BCUT2D eigenvalue weighted by molar-refractivity contribution is 6.05. The van der Waals surface area contributed by atoms with Crippen LogP contribution in [0.5, 0.6) is 5.75 Å². The molecule has 0 aliphatic heterocycles. The fourth-order valence-electron chi connectivity index (χ4n) is 2.20. The number of ether oxygens (including phenoxy) is 1. The molecule has 2 aromatic carbocycles. The molecule has 0 spiro atoms. The zero-order valence-corrected chi connectivity index (χ0v) is 15.6. The molecular formula is C20H25N3O3. The molecule has 0 aliphatic carbocycles. The summed E-state index contributed by atoms with van der Waals surface area (Å²) in [6.45, 7) is 6.21. The van der Waals surface area contributed by atoms with Gasteiger partial charge in [0, 0.05) is 16.8 Å². The van der Waals surface area contributed by atoms with Crippen LogP contribution < -0.4 is 20.7 Å². The van der Waals surface area contributed by atoms with Crippen molar-refractivity contribution < 1.29 is 14.3 Å². The van der Waals surface area contributed by atoms with Crippen LogP contribution in [0, 0.1) is 0 Å². The fraction of sp³-hybridized carbons (Fsp3) is 0.300. The molecule has 2 aromatic rings. The van der Waals surface area contributed by atoms with Gasteiger partial charge in [-0.3, -0.25) is 9.59 Å². The van der Waals surface area contributed by atoms with Crippen LogP contribution in [0.1, 0.15) is 31.1 Å². The zero-order valence-electron chi connectivity index (χ0n) is 15.6. The number of carbonyl (C=O) groups is 2. The summed E-state index contributed by atoms with van der Waals surface area (Å²) in [6.07, 6.45) is 0. The van der Waals surface area contributed by atoms with Crippen LogP contribution in [0.3, 0.4) is 0 Å². The summed E-state index contributed by atoms with van der Waals surface area (Å²) in [6, 6.07) is 13.9. The summed E-state index contributed by atoms with van der Waals surface area (Å²) in [5, 5.41) is 8.73. The molecule has 0 atom stereocenters. The van der Waals surface area contributed by atoms with Crippen LogP contribution in [-0.4, -0.2) is 31.0 Å². The monoisotopic (exact) mass is 355 g/mol. The van der Waals surface area contributed by atoms with Gasteiger partial charge in [-0.15, -0.1) is 0 Å². The molecule has 0 fully saturated rings. The first kappa shape index (κ1) is 19.5. The van der Waals surface area contributed by atoms with Crippen molar-refractivity contribution in [2.45, 2.75) is 26.3 Å². The molecule has 0 saturated carbocycles. The van der Waals surface area contributed by atoms with Crippen LogP contribution in [0.4, 0.5) is 11.4 Å². The number of carbonyl (C=O) groups excluding carboxylic acids is 2. The number of amides is 2. The van der Waals surface area contributed by atoms with E-state index in [1.54, 1.807) is 43.5 Å². The van der Waals surface area contributed by atoms with Gasteiger partial charge in [0.05, 0.1) is 19.3 Å². The van der Waals surface area contributed by atoms with E-state index in [9.17, 15) is 9.59 Å². The maximum Gasteiger partial charge on any atom is 0.255 e. The van der Waals surface area contributed by atoms with E-state index in [-0.39, 0.29) is 23.9 Å². The highest BCUT2D eigenvalue weighted by Gasteiger charge is 2.12. The molecule has 0 aliphatic rings. The van der Waals surface area contributed by atoms with E-state index >= 15 is 0 Å².